The minimum absolute atomic E-state index is 0.0274. The zero-order valence-electron chi connectivity index (χ0n) is 11.9. The summed E-state index contributed by atoms with van der Waals surface area (Å²) >= 11 is 0. The van der Waals surface area contributed by atoms with Gasteiger partial charge in [0.05, 0.1) is 6.61 Å². The van der Waals surface area contributed by atoms with Crippen LogP contribution >= 0.6 is 0 Å². The van der Waals surface area contributed by atoms with Crippen LogP contribution < -0.4 is 4.74 Å². The van der Waals surface area contributed by atoms with Crippen molar-refractivity contribution >= 4 is 5.91 Å². The maximum absolute atomic E-state index is 12.3. The normalized spacial score (nSPS) is 12.0. The Labute approximate surface area is 115 Å². The highest BCUT2D eigenvalue weighted by Gasteiger charge is 2.23. The van der Waals surface area contributed by atoms with E-state index in [1.807, 2.05) is 45.0 Å². The average Bonchev–Trinajstić information content (AvgIpc) is 2.43. The largest absolute Gasteiger partial charge is 0.480 e. The molecule has 0 fully saturated rings. The van der Waals surface area contributed by atoms with Crippen molar-refractivity contribution in [3.05, 3.63) is 29.8 Å². The van der Waals surface area contributed by atoms with Gasteiger partial charge in [-0.2, -0.15) is 0 Å². The Bertz CT molecular complexity index is 406. The van der Waals surface area contributed by atoms with E-state index in [4.69, 9.17) is 9.84 Å². The molecule has 106 valence electrons. The van der Waals surface area contributed by atoms with Gasteiger partial charge >= 0.3 is 0 Å². The lowest BCUT2D eigenvalue weighted by Crippen LogP contribution is -2.43. The van der Waals surface area contributed by atoms with Crippen LogP contribution in [0, 0.1) is 6.92 Å². The molecule has 0 radical (unpaired) electrons. The molecule has 1 rings (SSSR count). The van der Waals surface area contributed by atoms with Gasteiger partial charge in [-0.25, -0.2) is 0 Å². The number of amides is 1. The SMILES string of the molecule is CCC(Oc1ccccc1C)C(=O)N(CC)CCO. The van der Waals surface area contributed by atoms with Crippen LogP contribution in [0.5, 0.6) is 5.75 Å². The first-order chi connectivity index (χ1) is 9.13. The molecule has 0 aliphatic rings. The number of rotatable bonds is 7. The Morgan fingerprint density at radius 3 is 2.58 bits per heavy atom. The van der Waals surface area contributed by atoms with Crippen molar-refractivity contribution in [2.75, 3.05) is 19.7 Å². The first kappa shape index (κ1) is 15.5. The second-order valence-electron chi connectivity index (χ2n) is 4.42. The van der Waals surface area contributed by atoms with E-state index in [1.54, 1.807) is 4.90 Å². The molecule has 0 aromatic heterocycles. The predicted octanol–water partition coefficient (Wildman–Crippen LogP) is 1.99. The van der Waals surface area contributed by atoms with E-state index in [-0.39, 0.29) is 12.5 Å². The van der Waals surface area contributed by atoms with Crippen LogP contribution in [0.4, 0.5) is 0 Å². The number of hydrogen-bond acceptors (Lipinski definition) is 3. The smallest absolute Gasteiger partial charge is 0.263 e. The van der Waals surface area contributed by atoms with E-state index in [0.29, 0.717) is 19.5 Å². The van der Waals surface area contributed by atoms with E-state index in [9.17, 15) is 4.79 Å². The van der Waals surface area contributed by atoms with Gasteiger partial charge in [0.15, 0.2) is 6.10 Å². The second-order valence-corrected chi connectivity index (χ2v) is 4.42. The number of hydrogen-bond donors (Lipinski definition) is 1. The highest BCUT2D eigenvalue weighted by molar-refractivity contribution is 5.81. The van der Waals surface area contributed by atoms with Crippen molar-refractivity contribution in [3.63, 3.8) is 0 Å². The second kappa shape index (κ2) is 7.79. The lowest BCUT2D eigenvalue weighted by Gasteiger charge is -2.26. The molecule has 0 spiro atoms. The third kappa shape index (κ3) is 4.24. The van der Waals surface area contributed by atoms with Crippen LogP contribution in [0.1, 0.15) is 25.8 Å². The van der Waals surface area contributed by atoms with Crippen molar-refractivity contribution in [1.82, 2.24) is 4.90 Å². The first-order valence-electron chi connectivity index (χ1n) is 6.75. The summed E-state index contributed by atoms with van der Waals surface area (Å²) in [5.41, 5.74) is 1.01. The molecule has 0 saturated heterocycles. The van der Waals surface area contributed by atoms with Gasteiger partial charge in [-0.1, -0.05) is 25.1 Å². The summed E-state index contributed by atoms with van der Waals surface area (Å²) in [5.74, 6) is 0.671. The lowest BCUT2D eigenvalue weighted by molar-refractivity contribution is -0.139. The van der Waals surface area contributed by atoms with Crippen LogP contribution in [-0.2, 0) is 4.79 Å². The van der Waals surface area contributed by atoms with Crippen molar-refractivity contribution in [2.24, 2.45) is 0 Å². The van der Waals surface area contributed by atoms with Gasteiger partial charge in [-0.05, 0) is 31.9 Å². The summed E-state index contributed by atoms with van der Waals surface area (Å²) in [6, 6.07) is 7.66. The molecule has 0 saturated carbocycles. The fourth-order valence-electron chi connectivity index (χ4n) is 1.90. The van der Waals surface area contributed by atoms with Gasteiger partial charge < -0.3 is 14.7 Å². The van der Waals surface area contributed by atoms with E-state index in [0.717, 1.165) is 11.3 Å². The Hall–Kier alpha value is -1.55. The predicted molar refractivity (Wildman–Crippen MR) is 75.2 cm³/mol. The Balaban J connectivity index is 2.77. The van der Waals surface area contributed by atoms with Crippen molar-refractivity contribution < 1.29 is 14.6 Å². The Morgan fingerprint density at radius 2 is 2.05 bits per heavy atom. The van der Waals surface area contributed by atoms with Gasteiger partial charge in [-0.15, -0.1) is 0 Å². The average molecular weight is 265 g/mol. The molecule has 4 heteroatoms. The third-order valence-electron chi connectivity index (χ3n) is 3.07. The molecule has 1 aromatic carbocycles. The number of aliphatic hydroxyl groups excluding tert-OH is 1. The van der Waals surface area contributed by atoms with Crippen molar-refractivity contribution in [3.8, 4) is 5.75 Å². The minimum atomic E-state index is -0.493. The van der Waals surface area contributed by atoms with Crippen LogP contribution in [-0.4, -0.2) is 41.7 Å². The number of nitrogens with zero attached hydrogens (tertiary/aromatic N) is 1. The lowest BCUT2D eigenvalue weighted by atomic mass is 10.2. The van der Waals surface area contributed by atoms with Crippen LogP contribution in [0.2, 0.25) is 0 Å². The minimum Gasteiger partial charge on any atom is -0.480 e. The number of carbonyl (C=O) groups is 1. The molecule has 0 heterocycles. The van der Waals surface area contributed by atoms with Gasteiger partial charge in [0.1, 0.15) is 5.75 Å². The van der Waals surface area contributed by atoms with Gasteiger partial charge in [0.25, 0.3) is 5.91 Å². The molecular formula is C15H23NO3. The molecule has 1 unspecified atom stereocenters. The summed E-state index contributed by atoms with van der Waals surface area (Å²) in [4.78, 5) is 13.9. The van der Waals surface area contributed by atoms with E-state index in [2.05, 4.69) is 0 Å². The maximum Gasteiger partial charge on any atom is 0.263 e. The number of aryl methyl sites for hydroxylation is 1. The molecule has 1 amide bonds. The highest BCUT2D eigenvalue weighted by Crippen LogP contribution is 2.19. The van der Waals surface area contributed by atoms with Crippen molar-refractivity contribution in [2.45, 2.75) is 33.3 Å². The van der Waals surface area contributed by atoms with Gasteiger partial charge in [-0.3, -0.25) is 4.79 Å². The number of para-hydroxylation sites is 1. The summed E-state index contributed by atoms with van der Waals surface area (Å²) in [6.07, 6.45) is 0.113. The Kier molecular flexibility index (Phi) is 6.36. The van der Waals surface area contributed by atoms with Crippen LogP contribution in [0.25, 0.3) is 0 Å². The van der Waals surface area contributed by atoms with E-state index < -0.39 is 6.10 Å². The summed E-state index contributed by atoms with van der Waals surface area (Å²) in [5, 5.41) is 8.97. The molecular weight excluding hydrogens is 242 g/mol. The molecule has 4 nitrogen and oxygen atoms in total. The number of aliphatic hydroxyl groups is 1. The fraction of sp³-hybridized carbons (Fsp3) is 0.533. The summed E-state index contributed by atoms with van der Waals surface area (Å²) in [6.45, 7) is 6.68. The van der Waals surface area contributed by atoms with Gasteiger partial charge in [0.2, 0.25) is 0 Å². The third-order valence-corrected chi connectivity index (χ3v) is 3.07. The first-order valence-corrected chi connectivity index (χ1v) is 6.75. The Morgan fingerprint density at radius 1 is 1.37 bits per heavy atom. The van der Waals surface area contributed by atoms with E-state index >= 15 is 0 Å². The van der Waals surface area contributed by atoms with Crippen LogP contribution in [0.3, 0.4) is 0 Å². The highest BCUT2D eigenvalue weighted by atomic mass is 16.5. The van der Waals surface area contributed by atoms with Gasteiger partial charge in [0, 0.05) is 13.1 Å². The maximum atomic E-state index is 12.3. The molecule has 0 aliphatic heterocycles. The number of carbonyl (C=O) groups excluding carboxylic acids is 1. The number of benzene rings is 1. The van der Waals surface area contributed by atoms with Crippen molar-refractivity contribution in [1.29, 1.82) is 0 Å². The summed E-state index contributed by atoms with van der Waals surface area (Å²) in [7, 11) is 0. The standard InChI is InChI=1S/C15H23NO3/c1-4-13(15(18)16(5-2)10-11-17)19-14-9-7-6-8-12(14)3/h6-9,13,17H,4-5,10-11H2,1-3H3. The quantitative estimate of drug-likeness (QED) is 0.820. The zero-order valence-corrected chi connectivity index (χ0v) is 11.9. The topological polar surface area (TPSA) is 49.8 Å². The van der Waals surface area contributed by atoms with Crippen LogP contribution in [0.15, 0.2) is 24.3 Å². The summed E-state index contributed by atoms with van der Waals surface area (Å²) < 4.78 is 5.81. The molecule has 1 N–H and O–H groups in total. The molecule has 1 atom stereocenters. The fourth-order valence-corrected chi connectivity index (χ4v) is 1.90. The molecule has 0 bridgehead atoms. The molecule has 19 heavy (non-hydrogen) atoms. The monoisotopic (exact) mass is 265 g/mol. The van der Waals surface area contributed by atoms with E-state index in [1.165, 1.54) is 0 Å². The number of ether oxygens (including phenoxy) is 1. The number of likely N-dealkylation sites (N-methyl/N-ethyl adjacent to an activating group) is 1. The molecule has 1 aromatic rings. The zero-order chi connectivity index (χ0) is 14.3. The molecule has 0 aliphatic carbocycles.